The Bertz CT molecular complexity index is 1310. The van der Waals surface area contributed by atoms with Gasteiger partial charge in [0.15, 0.2) is 0 Å². The fourth-order valence-corrected chi connectivity index (χ4v) is 8.64. The number of rotatable bonds is 48. The van der Waals surface area contributed by atoms with Crippen molar-refractivity contribution in [2.75, 3.05) is 24.6 Å². The predicted molar refractivity (Wildman–Crippen MR) is 276 cm³/mol. The zero-order chi connectivity index (χ0) is 47.5. The van der Waals surface area contributed by atoms with E-state index in [1.807, 2.05) is 0 Å². The number of aliphatic imine (C=N–C) groups is 1. The zero-order valence-corrected chi connectivity index (χ0v) is 46.0. The van der Waals surface area contributed by atoms with Gasteiger partial charge in [-0.25, -0.2) is 8.42 Å². The summed E-state index contributed by atoms with van der Waals surface area (Å²) in [5, 5.41) is 14.4. The van der Waals surface area contributed by atoms with Crippen molar-refractivity contribution in [1.82, 2.24) is 5.32 Å². The average molecular weight is 986 g/mol. The predicted octanol–water partition coefficient (Wildman–Crippen LogP) is 13.7. The van der Waals surface area contributed by atoms with Gasteiger partial charge in [0.2, 0.25) is 5.91 Å². The van der Waals surface area contributed by atoms with Crippen molar-refractivity contribution >= 4 is 69.8 Å². The molecule has 0 rings (SSSR count). The smallest absolute Gasteiger partial charge is 0.862 e. The van der Waals surface area contributed by atoms with E-state index in [0.717, 1.165) is 25.7 Å². The standard InChI is InChI=1S/2C26H51NO4S.Ca/c2*1-2-3-4-5-6-7-8-9-10-11-12-13-14-15-16-17-18-19-20-23-26(28)27-24-21-22-25-32(29,30)31;/h2*9-10H,2-8,11-25H2,1H3,(H,27,28)(H,29,30,31);/q;;+2/p-2/b2*10-9-;. The van der Waals surface area contributed by atoms with Crippen molar-refractivity contribution in [1.29, 1.82) is 0 Å². The number of unbranched alkanes of at least 4 members (excludes halogenated alkanes) is 32. The van der Waals surface area contributed by atoms with Crippen molar-refractivity contribution in [3.05, 3.63) is 24.3 Å². The third-order valence-corrected chi connectivity index (χ3v) is 13.2. The van der Waals surface area contributed by atoms with Gasteiger partial charge in [0, 0.05) is 25.3 Å². The van der Waals surface area contributed by atoms with Crippen LogP contribution in [0.5, 0.6) is 0 Å². The van der Waals surface area contributed by atoms with Crippen LogP contribution in [-0.4, -0.2) is 100 Å². The molecular formula is C52H100CaN2O8S2. The summed E-state index contributed by atoms with van der Waals surface area (Å²) in [5.41, 5.74) is 0. The molecule has 0 fully saturated rings. The number of hydrogen-bond donors (Lipinski definition) is 2. The molecule has 0 unspecified atom stereocenters. The SMILES string of the molecule is CCCCCCCC/C=C\CCCCCCCCCCCC(=O)NCCCCS(=O)(=O)O.CCCCCCCC/C=C\CCCCCCCCCCCC([O-])=NCCCCS(=O)(=O)[O-].[Ca+2]. The first-order valence-electron chi connectivity index (χ1n) is 26.6. The van der Waals surface area contributed by atoms with Gasteiger partial charge in [-0.05, 0) is 102 Å². The first kappa shape index (κ1) is 68.8. The molecule has 0 bridgehead atoms. The molecule has 10 nitrogen and oxygen atoms in total. The molecule has 0 spiro atoms. The van der Waals surface area contributed by atoms with E-state index in [0.29, 0.717) is 45.2 Å². The topological polar surface area (TPSA) is 176 Å². The van der Waals surface area contributed by atoms with Crippen LogP contribution >= 0.6 is 0 Å². The Balaban J connectivity index is -0.00000116. The monoisotopic (exact) mass is 985 g/mol. The van der Waals surface area contributed by atoms with Crippen LogP contribution in [0, 0.1) is 0 Å². The van der Waals surface area contributed by atoms with Crippen molar-refractivity contribution in [3.8, 4) is 0 Å². The van der Waals surface area contributed by atoms with Gasteiger partial charge in [-0.15, -0.1) is 0 Å². The third-order valence-electron chi connectivity index (χ3n) is 11.6. The van der Waals surface area contributed by atoms with Crippen molar-refractivity contribution < 1.29 is 35.8 Å². The van der Waals surface area contributed by atoms with Gasteiger partial charge >= 0.3 is 37.7 Å². The molecule has 0 aliphatic rings. The second kappa shape index (κ2) is 54.4. The Morgan fingerprint density at radius 3 is 1.18 bits per heavy atom. The van der Waals surface area contributed by atoms with Gasteiger partial charge < -0.3 is 20.0 Å². The van der Waals surface area contributed by atoms with Crippen LogP contribution in [0.2, 0.25) is 0 Å². The van der Waals surface area contributed by atoms with Crippen molar-refractivity contribution in [2.24, 2.45) is 4.99 Å². The van der Waals surface area contributed by atoms with Crippen LogP contribution in [0.1, 0.15) is 271 Å². The maximum Gasteiger partial charge on any atom is 2.00 e. The van der Waals surface area contributed by atoms with Gasteiger partial charge in [0.25, 0.3) is 10.1 Å². The van der Waals surface area contributed by atoms with Gasteiger partial charge in [0.05, 0.1) is 15.9 Å². The molecule has 0 aliphatic heterocycles. The summed E-state index contributed by atoms with van der Waals surface area (Å²) in [7, 11) is -8.03. The molecule has 0 saturated carbocycles. The second-order valence-corrected chi connectivity index (χ2v) is 21.2. The zero-order valence-electron chi connectivity index (χ0n) is 42.2. The fraction of sp³-hybridized carbons (Fsp3) is 0.885. The van der Waals surface area contributed by atoms with Crippen molar-refractivity contribution in [2.45, 2.75) is 271 Å². The minimum absolute atomic E-state index is 0. The van der Waals surface area contributed by atoms with Crippen molar-refractivity contribution in [3.63, 3.8) is 0 Å². The molecule has 65 heavy (non-hydrogen) atoms. The number of hydrogen-bond acceptors (Lipinski definition) is 8. The Morgan fingerprint density at radius 2 is 0.815 bits per heavy atom. The summed E-state index contributed by atoms with van der Waals surface area (Å²) in [5.74, 6) is -0.666. The minimum atomic E-state index is -4.14. The van der Waals surface area contributed by atoms with E-state index in [1.54, 1.807) is 0 Å². The molecular weight excluding hydrogens is 885 g/mol. The maximum absolute atomic E-state index is 11.7. The molecule has 0 radical (unpaired) electrons. The van der Waals surface area contributed by atoms with Crippen LogP contribution in [0.3, 0.4) is 0 Å². The van der Waals surface area contributed by atoms with Gasteiger partial charge in [0.1, 0.15) is 0 Å². The van der Waals surface area contributed by atoms with Crippen LogP contribution < -0.4 is 10.4 Å². The van der Waals surface area contributed by atoms with Crippen LogP contribution in [0.4, 0.5) is 0 Å². The summed E-state index contributed by atoms with van der Waals surface area (Å²) in [4.78, 5) is 15.6. The normalized spacial score (nSPS) is 12.2. The van der Waals surface area contributed by atoms with E-state index in [2.05, 4.69) is 48.5 Å². The number of nitrogens with one attached hydrogen (secondary N) is 1. The summed E-state index contributed by atoms with van der Waals surface area (Å²) >= 11 is 0. The molecule has 0 aromatic heterocycles. The Morgan fingerprint density at radius 1 is 0.477 bits per heavy atom. The molecule has 2 N–H and O–H groups in total. The molecule has 1 amide bonds. The van der Waals surface area contributed by atoms with E-state index in [1.165, 1.54) is 193 Å². The molecule has 0 aromatic carbocycles. The first-order valence-corrected chi connectivity index (χ1v) is 29.8. The maximum atomic E-state index is 11.7. The van der Waals surface area contributed by atoms with Crippen LogP contribution in [0.15, 0.2) is 29.3 Å². The van der Waals surface area contributed by atoms with Gasteiger partial charge in [-0.3, -0.25) is 9.35 Å². The fourth-order valence-electron chi connectivity index (χ4n) is 7.52. The summed E-state index contributed by atoms with van der Waals surface area (Å²) in [6.07, 6.45) is 55.7. The van der Waals surface area contributed by atoms with Crippen LogP contribution in [-0.2, 0) is 25.0 Å². The summed E-state index contributed by atoms with van der Waals surface area (Å²) < 4.78 is 61.2. The summed E-state index contributed by atoms with van der Waals surface area (Å²) in [6, 6.07) is 0. The number of amides is 1. The molecule has 0 saturated heterocycles. The molecule has 0 aromatic rings. The molecule has 13 heteroatoms. The quantitative estimate of drug-likeness (QED) is 0.0151. The molecule has 0 aliphatic carbocycles. The second-order valence-electron chi connectivity index (χ2n) is 18.1. The number of carbonyl (C=O) groups excluding carboxylic acids is 1. The van der Waals surface area contributed by atoms with E-state index in [9.17, 15) is 31.3 Å². The number of carbonyl (C=O) groups is 1. The summed E-state index contributed by atoms with van der Waals surface area (Å²) in [6.45, 7) is 5.33. The van der Waals surface area contributed by atoms with Gasteiger partial charge in [-0.1, -0.05) is 192 Å². The van der Waals surface area contributed by atoms with Crippen LogP contribution in [0.25, 0.3) is 0 Å². The Kier molecular flexibility index (Phi) is 57.6. The Hall–Kier alpha value is -0.500. The van der Waals surface area contributed by atoms with E-state index >= 15 is 0 Å². The Labute approximate surface area is 432 Å². The molecule has 0 heterocycles. The van der Waals surface area contributed by atoms with E-state index < -0.39 is 20.2 Å². The van der Waals surface area contributed by atoms with E-state index in [-0.39, 0.29) is 67.5 Å². The average Bonchev–Trinajstić information content (AvgIpc) is 3.24. The third kappa shape index (κ3) is 67.8. The first-order chi connectivity index (χ1) is 30.9. The van der Waals surface area contributed by atoms with Gasteiger partial charge in [-0.2, -0.15) is 8.42 Å². The minimum Gasteiger partial charge on any atom is -0.862 e. The largest absolute Gasteiger partial charge is 2.00 e. The molecule has 380 valence electrons. The number of allylic oxidation sites excluding steroid dienone is 4. The van der Waals surface area contributed by atoms with E-state index in [4.69, 9.17) is 4.55 Å². The molecule has 0 atom stereocenters. The number of nitrogens with zero attached hydrogens (tertiary/aromatic N) is 1.